The first-order chi connectivity index (χ1) is 9.31. The molecule has 0 saturated heterocycles. The zero-order valence-electron chi connectivity index (χ0n) is 10.4. The number of benzene rings is 1. The predicted molar refractivity (Wildman–Crippen MR) is 78.8 cm³/mol. The Hall–Kier alpha value is -2.76. The van der Waals surface area contributed by atoms with Gasteiger partial charge in [-0.05, 0) is 12.1 Å². The molecule has 1 aromatic heterocycles. The van der Waals surface area contributed by atoms with Gasteiger partial charge in [0.1, 0.15) is 12.0 Å². The van der Waals surface area contributed by atoms with Crippen molar-refractivity contribution in [2.75, 3.05) is 28.4 Å². The van der Waals surface area contributed by atoms with Crippen LogP contribution in [0.3, 0.4) is 0 Å². The number of nitrogens with one attached hydrogen (secondary N) is 3. The number of nitrogens with zero attached hydrogens (tertiary/aromatic N) is 2. The van der Waals surface area contributed by atoms with Crippen LogP contribution >= 0.6 is 0 Å². The van der Waals surface area contributed by atoms with Crippen LogP contribution < -0.4 is 21.9 Å². The van der Waals surface area contributed by atoms with Crippen molar-refractivity contribution in [3.8, 4) is 0 Å². The first kappa shape index (κ1) is 12.7. The number of para-hydroxylation sites is 1. The summed E-state index contributed by atoms with van der Waals surface area (Å²) in [4.78, 5) is 8.16. The number of nitrogens with two attached hydrogens (primary N) is 1. The molecule has 0 bridgehead atoms. The number of anilines is 4. The third-order valence-electron chi connectivity index (χ3n) is 2.40. The molecular weight excluding hydrogens is 240 g/mol. The van der Waals surface area contributed by atoms with E-state index < -0.39 is 0 Å². The lowest BCUT2D eigenvalue weighted by Crippen LogP contribution is -2.14. The second kappa shape index (κ2) is 6.25. The molecule has 0 radical (unpaired) electrons. The quantitative estimate of drug-likeness (QED) is 0.467. The van der Waals surface area contributed by atoms with Crippen LogP contribution in [-0.2, 0) is 0 Å². The zero-order chi connectivity index (χ0) is 13.5. The van der Waals surface area contributed by atoms with Gasteiger partial charge >= 0.3 is 0 Å². The topological polar surface area (TPSA) is 87.9 Å². The van der Waals surface area contributed by atoms with E-state index in [1.54, 1.807) is 6.08 Å². The van der Waals surface area contributed by atoms with Crippen molar-refractivity contribution >= 4 is 23.0 Å². The summed E-state index contributed by atoms with van der Waals surface area (Å²) in [5.74, 6) is 1.10. The molecule has 0 amide bonds. The molecule has 0 aliphatic rings. The van der Waals surface area contributed by atoms with E-state index in [2.05, 4.69) is 32.7 Å². The summed E-state index contributed by atoms with van der Waals surface area (Å²) in [6.07, 6.45) is 3.17. The van der Waals surface area contributed by atoms with Crippen LogP contribution in [0.4, 0.5) is 23.0 Å². The molecule has 6 nitrogen and oxygen atoms in total. The van der Waals surface area contributed by atoms with E-state index in [4.69, 9.17) is 5.73 Å². The highest BCUT2D eigenvalue weighted by molar-refractivity contribution is 5.75. The molecule has 0 spiro atoms. The van der Waals surface area contributed by atoms with Crippen molar-refractivity contribution in [3.05, 3.63) is 49.3 Å². The van der Waals surface area contributed by atoms with Crippen LogP contribution in [0.25, 0.3) is 0 Å². The lowest BCUT2D eigenvalue weighted by molar-refractivity contribution is 1.14. The predicted octanol–water partition coefficient (Wildman–Crippen LogP) is 2.10. The Kier molecular flexibility index (Phi) is 4.17. The van der Waals surface area contributed by atoms with Crippen LogP contribution in [0.2, 0.25) is 0 Å². The van der Waals surface area contributed by atoms with Crippen LogP contribution in [0.15, 0.2) is 49.3 Å². The Morgan fingerprint density at radius 2 is 1.84 bits per heavy atom. The smallest absolute Gasteiger partial charge is 0.173 e. The number of hydrazine groups is 1. The number of nitrogen functional groups attached to an aromatic ring is 1. The summed E-state index contributed by atoms with van der Waals surface area (Å²) in [5.41, 5.74) is 13.3. The van der Waals surface area contributed by atoms with Gasteiger partial charge in [0.15, 0.2) is 11.6 Å². The molecule has 19 heavy (non-hydrogen) atoms. The van der Waals surface area contributed by atoms with Gasteiger partial charge in [0.2, 0.25) is 0 Å². The van der Waals surface area contributed by atoms with E-state index >= 15 is 0 Å². The lowest BCUT2D eigenvalue weighted by atomic mass is 10.3. The molecule has 0 atom stereocenters. The highest BCUT2D eigenvalue weighted by atomic mass is 15.4. The number of hydrogen-bond acceptors (Lipinski definition) is 6. The van der Waals surface area contributed by atoms with Gasteiger partial charge in [-0.3, -0.25) is 10.9 Å². The molecule has 6 heteroatoms. The lowest BCUT2D eigenvalue weighted by Gasteiger charge is -2.13. The van der Waals surface area contributed by atoms with Crippen molar-refractivity contribution in [1.29, 1.82) is 0 Å². The molecule has 98 valence electrons. The van der Waals surface area contributed by atoms with Crippen LogP contribution in [0.1, 0.15) is 0 Å². The summed E-state index contributed by atoms with van der Waals surface area (Å²) < 4.78 is 0. The van der Waals surface area contributed by atoms with Gasteiger partial charge in [0, 0.05) is 6.54 Å². The molecule has 5 N–H and O–H groups in total. The van der Waals surface area contributed by atoms with Gasteiger partial charge < -0.3 is 11.1 Å². The maximum absolute atomic E-state index is 5.96. The maximum atomic E-state index is 5.96. The average molecular weight is 256 g/mol. The first-order valence-electron chi connectivity index (χ1n) is 5.83. The van der Waals surface area contributed by atoms with E-state index in [9.17, 15) is 0 Å². The fourth-order valence-electron chi connectivity index (χ4n) is 1.46. The Labute approximate surface area is 111 Å². The summed E-state index contributed by atoms with van der Waals surface area (Å²) in [6, 6.07) is 9.68. The minimum Gasteiger partial charge on any atom is -0.393 e. The highest BCUT2D eigenvalue weighted by Crippen LogP contribution is 2.22. The van der Waals surface area contributed by atoms with Crippen molar-refractivity contribution < 1.29 is 0 Å². The van der Waals surface area contributed by atoms with E-state index in [0.29, 0.717) is 23.9 Å². The van der Waals surface area contributed by atoms with Crippen LogP contribution in [0.5, 0.6) is 0 Å². The fraction of sp³-hybridized carbons (Fsp3) is 0.0769. The number of rotatable bonds is 6. The molecule has 2 rings (SSSR count). The van der Waals surface area contributed by atoms with Crippen molar-refractivity contribution in [2.24, 2.45) is 0 Å². The third-order valence-corrected chi connectivity index (χ3v) is 2.40. The van der Waals surface area contributed by atoms with Gasteiger partial charge in [0.05, 0.1) is 5.69 Å². The maximum Gasteiger partial charge on any atom is 0.173 e. The Balaban J connectivity index is 2.06. The van der Waals surface area contributed by atoms with Gasteiger partial charge in [-0.15, -0.1) is 6.58 Å². The van der Waals surface area contributed by atoms with Gasteiger partial charge in [0.25, 0.3) is 0 Å². The molecule has 0 unspecified atom stereocenters. The largest absolute Gasteiger partial charge is 0.393 e. The molecule has 0 fully saturated rings. The molecule has 0 saturated carbocycles. The first-order valence-corrected chi connectivity index (χ1v) is 5.83. The second-order valence-electron chi connectivity index (χ2n) is 3.77. The van der Waals surface area contributed by atoms with Crippen molar-refractivity contribution in [1.82, 2.24) is 9.97 Å². The summed E-state index contributed by atoms with van der Waals surface area (Å²) in [6.45, 7) is 4.22. The minimum absolute atomic E-state index is 0.452. The second-order valence-corrected chi connectivity index (χ2v) is 3.77. The average Bonchev–Trinajstić information content (AvgIpc) is 2.46. The summed E-state index contributed by atoms with van der Waals surface area (Å²) in [5, 5.41) is 3.04. The highest BCUT2D eigenvalue weighted by Gasteiger charge is 2.06. The molecule has 2 aromatic rings. The van der Waals surface area contributed by atoms with Gasteiger partial charge in [-0.2, -0.15) is 0 Å². The standard InChI is InChI=1S/C13H16N6/c1-2-8-15-12-11(14)13(17-9-16-12)19-18-10-6-4-3-5-7-10/h2-7,9,18H,1,8,14H2,(H2,15,16,17,19). The van der Waals surface area contributed by atoms with E-state index in [-0.39, 0.29) is 0 Å². The molecule has 0 aliphatic carbocycles. The SMILES string of the molecule is C=CCNc1ncnc(NNc2ccccc2)c1N. The van der Waals surface area contributed by atoms with Crippen LogP contribution in [-0.4, -0.2) is 16.5 Å². The Bertz CT molecular complexity index is 540. The Morgan fingerprint density at radius 3 is 2.58 bits per heavy atom. The molecular formula is C13H16N6. The number of aromatic nitrogens is 2. The van der Waals surface area contributed by atoms with Crippen LogP contribution in [0, 0.1) is 0 Å². The summed E-state index contributed by atoms with van der Waals surface area (Å²) in [7, 11) is 0. The fourth-order valence-corrected chi connectivity index (χ4v) is 1.46. The van der Waals surface area contributed by atoms with E-state index in [1.807, 2.05) is 30.3 Å². The van der Waals surface area contributed by atoms with Crippen molar-refractivity contribution in [2.45, 2.75) is 0 Å². The van der Waals surface area contributed by atoms with Gasteiger partial charge in [-0.25, -0.2) is 9.97 Å². The monoisotopic (exact) mass is 256 g/mol. The van der Waals surface area contributed by atoms with Gasteiger partial charge in [-0.1, -0.05) is 24.3 Å². The normalized spacial score (nSPS) is 9.68. The van der Waals surface area contributed by atoms with E-state index in [1.165, 1.54) is 6.33 Å². The molecule has 1 heterocycles. The van der Waals surface area contributed by atoms with Crippen molar-refractivity contribution in [3.63, 3.8) is 0 Å². The van der Waals surface area contributed by atoms with E-state index in [0.717, 1.165) is 5.69 Å². The Morgan fingerprint density at radius 1 is 1.11 bits per heavy atom. The summed E-state index contributed by atoms with van der Waals surface area (Å²) >= 11 is 0. The number of hydrogen-bond donors (Lipinski definition) is 4. The molecule has 0 aliphatic heterocycles. The minimum atomic E-state index is 0.452. The zero-order valence-corrected chi connectivity index (χ0v) is 10.4. The third kappa shape index (κ3) is 3.35. The molecule has 1 aromatic carbocycles.